The molecular weight excluding hydrogens is 114 g/mol. The zero-order chi connectivity index (χ0) is 7.40. The lowest BCUT2D eigenvalue weighted by molar-refractivity contribution is 0.0380. The van der Waals surface area contributed by atoms with Crippen molar-refractivity contribution in [1.82, 2.24) is 4.90 Å². The van der Waals surface area contributed by atoms with Crippen LogP contribution in [0.1, 0.15) is 14.7 Å². The summed E-state index contributed by atoms with van der Waals surface area (Å²) in [6.07, 6.45) is 0.0399. The molecule has 1 saturated heterocycles. The van der Waals surface area contributed by atoms with Gasteiger partial charge in [0.15, 0.2) is 0 Å². The fraction of sp³-hybridized carbons (Fsp3) is 1.00. The Bertz CT molecular complexity index is 91.6. The van der Waals surface area contributed by atoms with E-state index in [1.807, 2.05) is 6.92 Å². The van der Waals surface area contributed by atoms with Crippen molar-refractivity contribution in [3.8, 4) is 0 Å². The molecule has 0 bridgehead atoms. The van der Waals surface area contributed by atoms with Gasteiger partial charge in [-0.1, -0.05) is 6.92 Å². The van der Waals surface area contributed by atoms with Crippen LogP contribution < -0.4 is 0 Å². The Morgan fingerprint density at radius 1 is 1.56 bits per heavy atom. The maximum atomic E-state index is 7.33. The van der Waals surface area contributed by atoms with Crippen molar-refractivity contribution in [1.29, 1.82) is 0 Å². The Morgan fingerprint density at radius 3 is 2.78 bits per heavy atom. The summed E-state index contributed by atoms with van der Waals surface area (Å²) in [6, 6.07) is 0. The Hall–Kier alpha value is -0.0800. The molecule has 1 atom stereocenters. The molecule has 0 spiro atoms. The number of nitrogens with zero attached hydrogens (tertiary/aromatic N) is 1. The highest BCUT2D eigenvalue weighted by molar-refractivity contribution is 4.59. The maximum absolute atomic E-state index is 7.33. The van der Waals surface area contributed by atoms with Gasteiger partial charge in [0.1, 0.15) is 0 Å². The average molecular weight is 130 g/mol. The van der Waals surface area contributed by atoms with E-state index in [2.05, 4.69) is 4.90 Å². The van der Waals surface area contributed by atoms with Crippen molar-refractivity contribution in [2.45, 2.75) is 13.3 Å². The van der Waals surface area contributed by atoms with Crippen LogP contribution in [-0.4, -0.2) is 37.7 Å². The van der Waals surface area contributed by atoms with Gasteiger partial charge in [0.25, 0.3) is 0 Å². The first-order valence-electron chi connectivity index (χ1n) is 4.09. The normalized spacial score (nSPS) is 27.4. The third-order valence-corrected chi connectivity index (χ3v) is 1.54. The molecule has 1 aliphatic rings. The van der Waals surface area contributed by atoms with Gasteiger partial charge in [-0.15, -0.1) is 0 Å². The predicted octanol–water partition coefficient (Wildman–Crippen LogP) is 0.729. The van der Waals surface area contributed by atoms with Crippen LogP contribution in [0.5, 0.6) is 0 Å². The van der Waals surface area contributed by atoms with E-state index in [1.165, 1.54) is 0 Å². The van der Waals surface area contributed by atoms with Crippen LogP contribution in [0.4, 0.5) is 0 Å². The van der Waals surface area contributed by atoms with Crippen LogP contribution in [0, 0.1) is 0 Å². The summed E-state index contributed by atoms with van der Waals surface area (Å²) >= 11 is 0. The van der Waals surface area contributed by atoms with E-state index in [4.69, 9.17) is 6.11 Å². The van der Waals surface area contributed by atoms with Gasteiger partial charge >= 0.3 is 0 Å². The van der Waals surface area contributed by atoms with Crippen LogP contribution in [0.15, 0.2) is 0 Å². The van der Waals surface area contributed by atoms with Gasteiger partial charge in [-0.2, -0.15) is 0 Å². The van der Waals surface area contributed by atoms with Gasteiger partial charge in [-0.05, 0) is 12.9 Å². The Balaban J connectivity index is 2.13. The van der Waals surface area contributed by atoms with Crippen LogP contribution in [0.25, 0.3) is 0 Å². The molecule has 0 radical (unpaired) electrons. The zero-order valence-electron chi connectivity index (χ0n) is 6.97. The molecule has 0 saturated carbocycles. The highest BCUT2D eigenvalue weighted by atomic mass is 16.5. The molecule has 0 aromatic carbocycles. The van der Waals surface area contributed by atoms with Crippen molar-refractivity contribution < 1.29 is 6.11 Å². The second-order valence-electron chi connectivity index (χ2n) is 2.32. The molecule has 0 aromatic heterocycles. The highest BCUT2D eigenvalue weighted by Gasteiger charge is 2.07. The van der Waals surface area contributed by atoms with Crippen molar-refractivity contribution in [2.24, 2.45) is 0 Å². The molecule has 0 aromatic rings. The fourth-order valence-corrected chi connectivity index (χ4v) is 1.04. The van der Waals surface area contributed by atoms with E-state index < -0.39 is 0 Å². The van der Waals surface area contributed by atoms with Crippen LogP contribution in [-0.2, 0) is 4.74 Å². The topological polar surface area (TPSA) is 12.5 Å². The number of morpholine rings is 1. The van der Waals surface area contributed by atoms with E-state index in [9.17, 15) is 0 Å². The van der Waals surface area contributed by atoms with E-state index in [0.29, 0.717) is 0 Å². The molecule has 1 aliphatic heterocycles. The molecule has 0 aliphatic carbocycles. The second kappa shape index (κ2) is 3.85. The van der Waals surface area contributed by atoms with E-state index in [1.54, 1.807) is 0 Å². The Labute approximate surface area is 58.2 Å². The molecule has 0 amide bonds. The summed E-state index contributed by atoms with van der Waals surface area (Å²) in [5.41, 5.74) is 0. The van der Waals surface area contributed by atoms with Crippen molar-refractivity contribution in [2.75, 3.05) is 32.8 Å². The summed E-state index contributed by atoms with van der Waals surface area (Å²) in [4.78, 5) is 2.28. The second-order valence-corrected chi connectivity index (χ2v) is 2.32. The van der Waals surface area contributed by atoms with Gasteiger partial charge in [0.2, 0.25) is 0 Å². The molecule has 1 fully saturated rings. The predicted molar refractivity (Wildman–Crippen MR) is 37.6 cm³/mol. The molecule has 1 unspecified atom stereocenters. The number of hydrogen-bond donors (Lipinski definition) is 0. The van der Waals surface area contributed by atoms with Gasteiger partial charge in [0.05, 0.1) is 13.2 Å². The lowest BCUT2D eigenvalue weighted by atomic mass is 10.4. The van der Waals surface area contributed by atoms with Crippen LogP contribution >= 0.6 is 0 Å². The van der Waals surface area contributed by atoms with Crippen molar-refractivity contribution in [3.05, 3.63) is 0 Å². The maximum Gasteiger partial charge on any atom is 0.0594 e. The van der Waals surface area contributed by atoms with Crippen molar-refractivity contribution in [3.63, 3.8) is 0 Å². The zero-order valence-corrected chi connectivity index (χ0v) is 5.97. The molecule has 0 N–H and O–H groups in total. The Kier molecular flexibility index (Phi) is 2.43. The number of ether oxygens (including phenoxy) is 1. The van der Waals surface area contributed by atoms with Crippen LogP contribution in [0.3, 0.4) is 0 Å². The molecule has 2 heteroatoms. The summed E-state index contributed by atoms with van der Waals surface area (Å²) in [7, 11) is 0. The SMILES string of the molecule is [2H]C(C)CN1CCOCC1. The minimum Gasteiger partial charge on any atom is -0.379 e. The first-order chi connectivity index (χ1) is 4.79. The van der Waals surface area contributed by atoms with Gasteiger partial charge < -0.3 is 4.74 Å². The quantitative estimate of drug-likeness (QED) is 0.546. The standard InChI is InChI=1S/C7H15NO/c1-2-3-8-4-6-9-7-5-8/h2-7H2,1H3/i2D. The van der Waals surface area contributed by atoms with Crippen molar-refractivity contribution >= 4 is 0 Å². The highest BCUT2D eigenvalue weighted by Crippen LogP contribution is 1.96. The third-order valence-electron chi connectivity index (χ3n) is 1.54. The minimum absolute atomic E-state index is 0.0399. The molecule has 1 heterocycles. The van der Waals surface area contributed by atoms with E-state index >= 15 is 0 Å². The molecule has 9 heavy (non-hydrogen) atoms. The molecule has 1 rings (SSSR count). The van der Waals surface area contributed by atoms with Crippen LogP contribution in [0.2, 0.25) is 0 Å². The largest absolute Gasteiger partial charge is 0.379 e. The summed E-state index contributed by atoms with van der Waals surface area (Å²) in [5, 5.41) is 0. The van der Waals surface area contributed by atoms with E-state index in [0.717, 1.165) is 32.8 Å². The lowest BCUT2D eigenvalue weighted by Gasteiger charge is -2.25. The van der Waals surface area contributed by atoms with Gasteiger partial charge in [-0.3, -0.25) is 4.90 Å². The molecule has 2 nitrogen and oxygen atoms in total. The smallest absolute Gasteiger partial charge is 0.0594 e. The van der Waals surface area contributed by atoms with Gasteiger partial charge in [0, 0.05) is 14.5 Å². The average Bonchev–Trinajstić information content (AvgIpc) is 1.88. The van der Waals surface area contributed by atoms with E-state index in [-0.39, 0.29) is 6.40 Å². The van der Waals surface area contributed by atoms with Gasteiger partial charge in [-0.25, -0.2) is 0 Å². The molecular formula is C7H15NO. The number of rotatable bonds is 2. The minimum atomic E-state index is 0.0399. The first-order valence-corrected chi connectivity index (χ1v) is 3.51. The first kappa shape index (κ1) is 5.69. The fourth-order valence-electron chi connectivity index (χ4n) is 1.04. The monoisotopic (exact) mass is 130 g/mol. The lowest BCUT2D eigenvalue weighted by Crippen LogP contribution is -2.36. The summed E-state index contributed by atoms with van der Waals surface area (Å²) in [5.74, 6) is 0. The summed E-state index contributed by atoms with van der Waals surface area (Å²) < 4.78 is 12.5. The third kappa shape index (κ3) is 2.33. The summed E-state index contributed by atoms with van der Waals surface area (Å²) in [6.45, 7) is 6.50. The number of hydrogen-bond acceptors (Lipinski definition) is 2. The Morgan fingerprint density at radius 2 is 2.22 bits per heavy atom. The molecule has 54 valence electrons.